The molecule has 4 heteroatoms. The second-order valence-corrected chi connectivity index (χ2v) is 4.40. The maximum atomic E-state index is 11.0. The molecule has 0 heterocycles. The third-order valence-electron chi connectivity index (χ3n) is 2.77. The molecular formula is C13H18N3O+. The first-order chi connectivity index (χ1) is 8.04. The Balaban J connectivity index is 2.86. The van der Waals surface area contributed by atoms with Gasteiger partial charge in [-0.1, -0.05) is 18.2 Å². The summed E-state index contributed by atoms with van der Waals surface area (Å²) in [5.74, 6) is -0.317. The Morgan fingerprint density at radius 1 is 1.47 bits per heavy atom. The van der Waals surface area contributed by atoms with Crippen LogP contribution in [-0.2, 0) is 11.3 Å². The van der Waals surface area contributed by atoms with E-state index in [1.54, 1.807) is 6.07 Å². The van der Waals surface area contributed by atoms with Crippen molar-refractivity contribution in [3.05, 3.63) is 35.4 Å². The molecule has 0 saturated carbocycles. The molecule has 4 nitrogen and oxygen atoms in total. The van der Waals surface area contributed by atoms with E-state index >= 15 is 0 Å². The van der Waals surface area contributed by atoms with Gasteiger partial charge in [-0.2, -0.15) is 5.26 Å². The van der Waals surface area contributed by atoms with Crippen molar-refractivity contribution in [3.8, 4) is 6.07 Å². The monoisotopic (exact) mass is 232 g/mol. The Hall–Kier alpha value is -1.86. The van der Waals surface area contributed by atoms with E-state index in [1.807, 2.05) is 32.0 Å². The number of nitrogens with zero attached hydrogens (tertiary/aromatic N) is 1. The zero-order valence-corrected chi connectivity index (χ0v) is 10.2. The highest BCUT2D eigenvalue weighted by atomic mass is 16.1. The van der Waals surface area contributed by atoms with Gasteiger partial charge in [-0.05, 0) is 19.9 Å². The highest BCUT2D eigenvalue weighted by molar-refractivity contribution is 5.74. The molecule has 0 radical (unpaired) electrons. The molecular weight excluding hydrogens is 214 g/mol. The van der Waals surface area contributed by atoms with Crippen molar-refractivity contribution in [2.75, 3.05) is 6.54 Å². The fraction of sp³-hybridized carbons (Fsp3) is 0.385. The summed E-state index contributed by atoms with van der Waals surface area (Å²) in [6.07, 6.45) is 0. The van der Waals surface area contributed by atoms with Crippen LogP contribution in [0.1, 0.15) is 25.0 Å². The normalized spacial score (nSPS) is 12.1. The maximum absolute atomic E-state index is 11.0. The van der Waals surface area contributed by atoms with E-state index in [1.165, 1.54) is 0 Å². The van der Waals surface area contributed by atoms with Crippen molar-refractivity contribution >= 4 is 5.91 Å². The van der Waals surface area contributed by atoms with Gasteiger partial charge in [-0.3, -0.25) is 4.79 Å². The molecule has 0 aliphatic rings. The van der Waals surface area contributed by atoms with Crippen LogP contribution in [0, 0.1) is 11.3 Å². The minimum atomic E-state index is -0.317. The second kappa shape index (κ2) is 6.02. The van der Waals surface area contributed by atoms with Gasteiger partial charge in [0, 0.05) is 5.56 Å². The van der Waals surface area contributed by atoms with Crippen LogP contribution in [0.25, 0.3) is 0 Å². The Morgan fingerprint density at radius 2 is 2.12 bits per heavy atom. The third-order valence-corrected chi connectivity index (χ3v) is 2.77. The highest BCUT2D eigenvalue weighted by Crippen LogP contribution is 2.05. The van der Waals surface area contributed by atoms with E-state index in [4.69, 9.17) is 11.0 Å². The van der Waals surface area contributed by atoms with Gasteiger partial charge < -0.3 is 10.6 Å². The van der Waals surface area contributed by atoms with Crippen LogP contribution in [0.3, 0.4) is 0 Å². The quantitative estimate of drug-likeness (QED) is 0.740. The summed E-state index contributed by atoms with van der Waals surface area (Å²) in [6, 6.07) is 9.90. The third kappa shape index (κ3) is 3.89. The molecule has 0 saturated heterocycles. The molecule has 3 N–H and O–H groups in total. The summed E-state index contributed by atoms with van der Waals surface area (Å²) in [5.41, 5.74) is 6.85. The minimum absolute atomic E-state index is 0.286. The fourth-order valence-corrected chi connectivity index (χ4v) is 1.72. The van der Waals surface area contributed by atoms with Crippen molar-refractivity contribution in [2.24, 2.45) is 5.73 Å². The first-order valence-electron chi connectivity index (χ1n) is 5.65. The van der Waals surface area contributed by atoms with E-state index < -0.39 is 0 Å². The van der Waals surface area contributed by atoms with Crippen LogP contribution < -0.4 is 10.6 Å². The molecule has 1 aromatic rings. The predicted molar refractivity (Wildman–Crippen MR) is 65.0 cm³/mol. The van der Waals surface area contributed by atoms with Crippen LogP contribution >= 0.6 is 0 Å². The molecule has 0 aliphatic carbocycles. The van der Waals surface area contributed by atoms with Gasteiger partial charge in [0.15, 0.2) is 6.54 Å². The van der Waals surface area contributed by atoms with Gasteiger partial charge in [-0.15, -0.1) is 0 Å². The molecule has 1 amide bonds. The van der Waals surface area contributed by atoms with Gasteiger partial charge >= 0.3 is 0 Å². The average molecular weight is 232 g/mol. The number of amides is 1. The molecule has 0 fully saturated rings. The molecule has 0 spiro atoms. The van der Waals surface area contributed by atoms with Gasteiger partial charge in [0.1, 0.15) is 6.54 Å². The average Bonchev–Trinajstić information content (AvgIpc) is 2.28. The Kier molecular flexibility index (Phi) is 4.68. The van der Waals surface area contributed by atoms with Crippen LogP contribution in [0.4, 0.5) is 0 Å². The van der Waals surface area contributed by atoms with Crippen LogP contribution in [-0.4, -0.2) is 18.5 Å². The summed E-state index contributed by atoms with van der Waals surface area (Å²) in [5, 5.41) is 9.00. The number of carbonyl (C=O) groups excluding carboxylic acids is 1. The number of benzene rings is 1. The zero-order valence-electron chi connectivity index (χ0n) is 10.2. The van der Waals surface area contributed by atoms with Crippen molar-refractivity contribution in [2.45, 2.75) is 26.4 Å². The lowest BCUT2D eigenvalue weighted by Crippen LogP contribution is -3.14. The number of hydrogen-bond donors (Lipinski definition) is 2. The summed E-state index contributed by atoms with van der Waals surface area (Å²) < 4.78 is 0. The first-order valence-corrected chi connectivity index (χ1v) is 5.65. The number of primary amides is 1. The Bertz CT molecular complexity index is 435. The lowest BCUT2D eigenvalue weighted by Gasteiger charge is -2.22. The topological polar surface area (TPSA) is 71.3 Å². The van der Waals surface area contributed by atoms with Crippen molar-refractivity contribution < 1.29 is 9.69 Å². The maximum Gasteiger partial charge on any atom is 0.272 e. The summed E-state index contributed by atoms with van der Waals surface area (Å²) in [7, 11) is 0. The second-order valence-electron chi connectivity index (χ2n) is 4.40. The Morgan fingerprint density at radius 3 is 2.65 bits per heavy atom. The van der Waals surface area contributed by atoms with Gasteiger partial charge in [-0.25, -0.2) is 0 Å². The van der Waals surface area contributed by atoms with Gasteiger partial charge in [0.05, 0.1) is 17.7 Å². The van der Waals surface area contributed by atoms with Crippen LogP contribution in [0.2, 0.25) is 0 Å². The summed E-state index contributed by atoms with van der Waals surface area (Å²) >= 11 is 0. The smallest absolute Gasteiger partial charge is 0.272 e. The summed E-state index contributed by atoms with van der Waals surface area (Å²) in [6.45, 7) is 5.00. The van der Waals surface area contributed by atoms with Gasteiger partial charge in [0.25, 0.3) is 5.91 Å². The molecule has 1 atom stereocenters. The molecule has 1 aromatic carbocycles. The largest absolute Gasteiger partial charge is 0.365 e. The van der Waals surface area contributed by atoms with Crippen LogP contribution in [0.5, 0.6) is 0 Å². The molecule has 0 aliphatic heterocycles. The molecule has 0 bridgehead atoms. The summed E-state index contributed by atoms with van der Waals surface area (Å²) in [4.78, 5) is 12.1. The standard InChI is InChI=1S/C13H17N3O/c1-10(2)16(9-13(15)17)8-12-6-4-3-5-11(12)7-14/h3-6,10H,8-9H2,1-2H3,(H2,15,17)/p+1. The van der Waals surface area contributed by atoms with E-state index in [0.717, 1.165) is 10.5 Å². The molecule has 1 unspecified atom stereocenters. The SMILES string of the molecule is CC(C)[NH+](CC(N)=O)Cc1ccccc1C#N. The number of rotatable bonds is 5. The van der Waals surface area contributed by atoms with Crippen molar-refractivity contribution in [1.82, 2.24) is 0 Å². The molecule has 0 aromatic heterocycles. The number of hydrogen-bond acceptors (Lipinski definition) is 2. The lowest BCUT2D eigenvalue weighted by atomic mass is 10.1. The van der Waals surface area contributed by atoms with E-state index in [-0.39, 0.29) is 18.5 Å². The minimum Gasteiger partial charge on any atom is -0.365 e. The van der Waals surface area contributed by atoms with Crippen molar-refractivity contribution in [1.29, 1.82) is 5.26 Å². The van der Waals surface area contributed by atoms with Crippen molar-refractivity contribution in [3.63, 3.8) is 0 Å². The molecule has 1 rings (SSSR count). The number of nitriles is 1. The molecule has 90 valence electrons. The number of quaternary nitrogens is 1. The van der Waals surface area contributed by atoms with E-state index in [2.05, 4.69) is 6.07 Å². The van der Waals surface area contributed by atoms with E-state index in [0.29, 0.717) is 12.1 Å². The first kappa shape index (κ1) is 13.2. The van der Waals surface area contributed by atoms with Gasteiger partial charge in [0.2, 0.25) is 0 Å². The lowest BCUT2D eigenvalue weighted by molar-refractivity contribution is -0.927. The number of carbonyl (C=O) groups is 1. The zero-order chi connectivity index (χ0) is 12.8. The Labute approximate surface area is 102 Å². The fourth-order valence-electron chi connectivity index (χ4n) is 1.72. The molecule has 17 heavy (non-hydrogen) atoms. The highest BCUT2D eigenvalue weighted by Gasteiger charge is 2.17. The number of nitrogens with two attached hydrogens (primary N) is 1. The van der Waals surface area contributed by atoms with E-state index in [9.17, 15) is 4.79 Å². The van der Waals surface area contributed by atoms with Crippen LogP contribution in [0.15, 0.2) is 24.3 Å². The predicted octanol–water partition coefficient (Wildman–Crippen LogP) is -0.163. The number of nitrogens with one attached hydrogen (secondary N) is 1.